The van der Waals surface area contributed by atoms with Crippen LogP contribution in [0, 0.1) is 0 Å². The van der Waals surface area contributed by atoms with Gasteiger partial charge in [0.05, 0.1) is 13.3 Å². The summed E-state index contributed by atoms with van der Waals surface area (Å²) in [7, 11) is 1.59. The summed E-state index contributed by atoms with van der Waals surface area (Å²) in [5, 5.41) is 5.09. The summed E-state index contributed by atoms with van der Waals surface area (Å²) in [6.07, 6.45) is 1.55. The Hall–Kier alpha value is -3.02. The lowest BCUT2D eigenvalue weighted by atomic mass is 10.2. The molecule has 0 aliphatic heterocycles. The molecule has 0 fully saturated rings. The van der Waals surface area contributed by atoms with Gasteiger partial charge in [0.1, 0.15) is 18.1 Å². The first-order valence-electron chi connectivity index (χ1n) is 8.69. The Bertz CT molecular complexity index is 1020. The Morgan fingerprint density at radius 2 is 1.83 bits per heavy atom. The summed E-state index contributed by atoms with van der Waals surface area (Å²) in [5.74, 6) is 1.01. The van der Waals surface area contributed by atoms with Gasteiger partial charge in [-0.3, -0.25) is 4.79 Å². The molecular weight excluding hydrogens is 411 g/mol. The number of ether oxygens (including phenoxy) is 2. The summed E-state index contributed by atoms with van der Waals surface area (Å²) in [5.41, 5.74) is 4.59. The molecule has 0 unspecified atom stereocenters. The first kappa shape index (κ1) is 20.7. The first-order chi connectivity index (χ1) is 14.0. The van der Waals surface area contributed by atoms with Gasteiger partial charge in [0.2, 0.25) is 0 Å². The number of carbonyl (C=O) groups is 1. The van der Waals surface area contributed by atoms with Gasteiger partial charge in [0, 0.05) is 21.2 Å². The molecule has 0 saturated carbocycles. The highest BCUT2D eigenvalue weighted by atomic mass is 35.5. The number of hydrogen-bond acceptors (Lipinski definition) is 4. The molecular formula is C22H18Cl2N2O3. The van der Waals surface area contributed by atoms with Crippen molar-refractivity contribution in [2.75, 3.05) is 7.11 Å². The molecule has 29 heavy (non-hydrogen) atoms. The number of rotatable bonds is 7. The summed E-state index contributed by atoms with van der Waals surface area (Å²) in [4.78, 5) is 12.2. The highest BCUT2D eigenvalue weighted by molar-refractivity contribution is 6.35. The highest BCUT2D eigenvalue weighted by Gasteiger charge is 2.06. The molecule has 0 aliphatic rings. The lowest BCUT2D eigenvalue weighted by Gasteiger charge is -2.08. The van der Waals surface area contributed by atoms with Crippen LogP contribution in [0.1, 0.15) is 21.5 Å². The molecule has 0 radical (unpaired) electrons. The van der Waals surface area contributed by atoms with Crippen LogP contribution in [-0.2, 0) is 6.61 Å². The average Bonchev–Trinajstić information content (AvgIpc) is 2.73. The second-order valence-electron chi connectivity index (χ2n) is 6.02. The van der Waals surface area contributed by atoms with Gasteiger partial charge in [-0.2, -0.15) is 5.10 Å². The maximum absolute atomic E-state index is 12.2. The van der Waals surface area contributed by atoms with Crippen molar-refractivity contribution in [1.82, 2.24) is 5.43 Å². The van der Waals surface area contributed by atoms with Crippen LogP contribution in [0.4, 0.5) is 0 Å². The summed E-state index contributed by atoms with van der Waals surface area (Å²) in [6, 6.07) is 19.3. The van der Waals surface area contributed by atoms with Crippen molar-refractivity contribution in [1.29, 1.82) is 0 Å². The van der Waals surface area contributed by atoms with Crippen LogP contribution in [0.3, 0.4) is 0 Å². The van der Waals surface area contributed by atoms with Crippen molar-refractivity contribution in [2.24, 2.45) is 5.10 Å². The van der Waals surface area contributed by atoms with Gasteiger partial charge in [-0.05, 0) is 54.1 Å². The van der Waals surface area contributed by atoms with E-state index < -0.39 is 0 Å². The zero-order valence-electron chi connectivity index (χ0n) is 15.6. The Balaban J connectivity index is 1.54. The number of hydrogen-bond donors (Lipinski definition) is 1. The van der Waals surface area contributed by atoms with Gasteiger partial charge >= 0.3 is 0 Å². The van der Waals surface area contributed by atoms with Gasteiger partial charge in [-0.1, -0.05) is 41.4 Å². The third-order valence-electron chi connectivity index (χ3n) is 4.00. The topological polar surface area (TPSA) is 59.9 Å². The molecule has 1 amide bonds. The molecule has 0 atom stereocenters. The van der Waals surface area contributed by atoms with E-state index in [0.29, 0.717) is 28.0 Å². The van der Waals surface area contributed by atoms with Crippen LogP contribution < -0.4 is 14.9 Å². The van der Waals surface area contributed by atoms with E-state index in [1.54, 1.807) is 49.7 Å². The predicted molar refractivity (Wildman–Crippen MR) is 115 cm³/mol. The van der Waals surface area contributed by atoms with E-state index in [2.05, 4.69) is 10.5 Å². The predicted octanol–water partition coefficient (Wildman–Crippen LogP) is 5.34. The molecule has 3 rings (SSSR count). The van der Waals surface area contributed by atoms with E-state index in [0.717, 1.165) is 16.9 Å². The number of amides is 1. The van der Waals surface area contributed by atoms with Crippen molar-refractivity contribution in [2.45, 2.75) is 6.61 Å². The number of benzene rings is 3. The van der Waals surface area contributed by atoms with Crippen molar-refractivity contribution in [3.63, 3.8) is 0 Å². The Morgan fingerprint density at radius 1 is 1.03 bits per heavy atom. The van der Waals surface area contributed by atoms with Crippen LogP contribution in [0.2, 0.25) is 10.0 Å². The van der Waals surface area contributed by atoms with E-state index >= 15 is 0 Å². The van der Waals surface area contributed by atoms with Gasteiger partial charge in [-0.15, -0.1) is 0 Å². The third kappa shape index (κ3) is 5.98. The van der Waals surface area contributed by atoms with Crippen LogP contribution in [0.25, 0.3) is 0 Å². The lowest BCUT2D eigenvalue weighted by Crippen LogP contribution is -2.17. The zero-order valence-corrected chi connectivity index (χ0v) is 17.1. The third-order valence-corrected chi connectivity index (χ3v) is 4.59. The van der Waals surface area contributed by atoms with Crippen LogP contribution in [-0.4, -0.2) is 19.2 Å². The zero-order chi connectivity index (χ0) is 20.6. The molecule has 0 bridgehead atoms. The maximum atomic E-state index is 12.2. The quantitative estimate of drug-likeness (QED) is 0.407. The summed E-state index contributed by atoms with van der Waals surface area (Å²) >= 11 is 12.0. The van der Waals surface area contributed by atoms with Crippen LogP contribution >= 0.6 is 23.2 Å². The van der Waals surface area contributed by atoms with E-state index in [1.807, 2.05) is 30.3 Å². The Labute approximate surface area is 178 Å². The van der Waals surface area contributed by atoms with Crippen molar-refractivity contribution in [3.8, 4) is 11.5 Å². The monoisotopic (exact) mass is 428 g/mol. The fourth-order valence-corrected chi connectivity index (χ4v) is 2.92. The van der Waals surface area contributed by atoms with Crippen molar-refractivity contribution < 1.29 is 14.3 Å². The molecule has 7 heteroatoms. The normalized spacial score (nSPS) is 10.7. The molecule has 5 nitrogen and oxygen atoms in total. The average molecular weight is 429 g/mol. The molecule has 0 saturated heterocycles. The van der Waals surface area contributed by atoms with E-state index in [4.69, 9.17) is 32.7 Å². The van der Waals surface area contributed by atoms with E-state index in [-0.39, 0.29) is 5.91 Å². The highest BCUT2D eigenvalue weighted by Crippen LogP contribution is 2.23. The smallest absolute Gasteiger partial charge is 0.271 e. The minimum Gasteiger partial charge on any atom is -0.497 e. The molecule has 148 valence electrons. The number of hydrazone groups is 1. The second kappa shape index (κ2) is 9.96. The van der Waals surface area contributed by atoms with Crippen molar-refractivity contribution >= 4 is 35.3 Å². The number of nitrogens with one attached hydrogen (secondary N) is 1. The second-order valence-corrected chi connectivity index (χ2v) is 6.87. The molecule has 3 aromatic rings. The number of nitrogens with zero attached hydrogens (tertiary/aromatic N) is 1. The largest absolute Gasteiger partial charge is 0.497 e. The molecule has 3 aromatic carbocycles. The van der Waals surface area contributed by atoms with Crippen molar-refractivity contribution in [3.05, 3.63) is 93.5 Å². The van der Waals surface area contributed by atoms with Crippen LogP contribution in [0.15, 0.2) is 71.8 Å². The van der Waals surface area contributed by atoms with E-state index in [9.17, 15) is 4.79 Å². The van der Waals surface area contributed by atoms with Gasteiger partial charge in [-0.25, -0.2) is 5.43 Å². The summed E-state index contributed by atoms with van der Waals surface area (Å²) in [6.45, 7) is 0.298. The number of methoxy groups -OCH3 is 1. The molecule has 0 aliphatic carbocycles. The molecule has 0 heterocycles. The number of carbonyl (C=O) groups excluding carboxylic acids is 1. The summed E-state index contributed by atoms with van der Waals surface area (Å²) < 4.78 is 10.9. The molecule has 0 spiro atoms. The standard InChI is InChI=1S/C22H18Cl2N2O3/c1-28-20-4-2-3-15(11-20)13-25-26-22(27)16-6-9-19(10-7-16)29-14-17-5-8-18(23)12-21(17)24/h2-13H,14H2,1H3,(H,26,27)/b25-13-. The van der Waals surface area contributed by atoms with E-state index in [1.165, 1.54) is 0 Å². The Kier molecular flexibility index (Phi) is 7.11. The van der Waals surface area contributed by atoms with Gasteiger partial charge in [0.15, 0.2) is 0 Å². The number of halogens is 2. The van der Waals surface area contributed by atoms with Gasteiger partial charge in [0.25, 0.3) is 5.91 Å². The minimum absolute atomic E-state index is 0.298. The lowest BCUT2D eigenvalue weighted by molar-refractivity contribution is 0.0955. The minimum atomic E-state index is -0.323. The molecule has 1 N–H and O–H groups in total. The SMILES string of the molecule is COc1cccc(/C=N\NC(=O)c2ccc(OCc3ccc(Cl)cc3Cl)cc2)c1. The Morgan fingerprint density at radius 3 is 2.55 bits per heavy atom. The fraction of sp³-hybridized carbons (Fsp3) is 0.0909. The van der Waals surface area contributed by atoms with Gasteiger partial charge < -0.3 is 9.47 Å². The molecule has 0 aromatic heterocycles. The fourth-order valence-electron chi connectivity index (χ4n) is 2.45. The van der Waals surface area contributed by atoms with Crippen LogP contribution in [0.5, 0.6) is 11.5 Å². The maximum Gasteiger partial charge on any atom is 0.271 e. The first-order valence-corrected chi connectivity index (χ1v) is 9.45.